The zero-order valence-electron chi connectivity index (χ0n) is 15.5. The second-order valence-corrected chi connectivity index (χ2v) is 7.24. The number of amides is 1. The van der Waals surface area contributed by atoms with E-state index in [1.807, 2.05) is 13.0 Å². The Morgan fingerprint density at radius 3 is 2.29 bits per heavy atom. The average Bonchev–Trinajstić information content (AvgIpc) is 3.02. The first kappa shape index (κ1) is 20.3. The summed E-state index contributed by atoms with van der Waals surface area (Å²) in [5.74, 6) is -1.72. The van der Waals surface area contributed by atoms with Crippen LogP contribution in [0.15, 0.2) is 30.3 Å². The minimum atomic E-state index is -5.03. The summed E-state index contributed by atoms with van der Waals surface area (Å²) in [5, 5.41) is 14.0. The normalized spacial score (nSPS) is 18.2. The zero-order valence-corrected chi connectivity index (χ0v) is 15.5. The number of aliphatic hydroxyl groups is 1. The molecule has 0 radical (unpaired) electrons. The molecule has 1 amide bonds. The number of hydrogen-bond donors (Lipinski definition) is 1. The van der Waals surface area contributed by atoms with Crippen molar-refractivity contribution in [2.24, 2.45) is 0 Å². The van der Waals surface area contributed by atoms with Gasteiger partial charge in [0, 0.05) is 24.7 Å². The summed E-state index contributed by atoms with van der Waals surface area (Å²) in [5.41, 5.74) is -1.09. The van der Waals surface area contributed by atoms with Crippen molar-refractivity contribution in [3.05, 3.63) is 47.5 Å². The molecule has 9 heteroatoms. The Hall–Kier alpha value is -2.42. The maximum Gasteiger partial charge on any atom is 0.426 e. The molecule has 0 saturated carbocycles. The van der Waals surface area contributed by atoms with Crippen LogP contribution < -0.4 is 0 Å². The molecule has 1 aliphatic heterocycles. The van der Waals surface area contributed by atoms with E-state index >= 15 is 0 Å². The summed E-state index contributed by atoms with van der Waals surface area (Å²) in [6.45, 7) is 2.50. The molecule has 1 N–H and O–H groups in total. The van der Waals surface area contributed by atoms with Crippen LogP contribution in [0.4, 0.5) is 17.6 Å². The van der Waals surface area contributed by atoms with Gasteiger partial charge in [-0.15, -0.1) is 0 Å². The summed E-state index contributed by atoms with van der Waals surface area (Å²) >= 11 is 0. The molecule has 0 bridgehead atoms. The molecule has 5 nitrogen and oxygen atoms in total. The zero-order chi connectivity index (χ0) is 20.7. The van der Waals surface area contributed by atoms with E-state index in [0.717, 1.165) is 16.3 Å². The number of carbonyl (C=O) groups is 1. The Labute approximate surface area is 159 Å². The number of nitrogens with zero attached hydrogens (tertiary/aromatic N) is 3. The van der Waals surface area contributed by atoms with E-state index in [1.165, 1.54) is 12.1 Å². The van der Waals surface area contributed by atoms with Crippen molar-refractivity contribution in [2.45, 2.75) is 44.4 Å². The lowest BCUT2D eigenvalue weighted by atomic mass is 9.91. The second-order valence-electron chi connectivity index (χ2n) is 7.24. The third-order valence-corrected chi connectivity index (χ3v) is 5.10. The van der Waals surface area contributed by atoms with Crippen molar-refractivity contribution in [3.8, 4) is 5.69 Å². The maximum absolute atomic E-state index is 13.2. The first-order valence-electron chi connectivity index (χ1n) is 8.91. The van der Waals surface area contributed by atoms with E-state index in [9.17, 15) is 27.5 Å². The van der Waals surface area contributed by atoms with Crippen LogP contribution in [0.25, 0.3) is 5.69 Å². The molecule has 28 heavy (non-hydrogen) atoms. The van der Waals surface area contributed by atoms with Crippen molar-refractivity contribution in [2.75, 3.05) is 13.1 Å². The van der Waals surface area contributed by atoms with Gasteiger partial charge in [-0.05, 0) is 57.0 Å². The highest BCUT2D eigenvalue weighted by atomic mass is 19.4. The first-order valence-corrected chi connectivity index (χ1v) is 8.91. The van der Waals surface area contributed by atoms with E-state index < -0.39 is 17.7 Å². The van der Waals surface area contributed by atoms with E-state index in [2.05, 4.69) is 5.10 Å². The number of benzene rings is 1. The van der Waals surface area contributed by atoms with Gasteiger partial charge in [-0.25, -0.2) is 9.07 Å². The molecule has 2 aromatic rings. The molecule has 0 spiro atoms. The molecular weight excluding hydrogens is 378 g/mol. The van der Waals surface area contributed by atoms with Crippen LogP contribution in [-0.4, -0.2) is 50.6 Å². The summed E-state index contributed by atoms with van der Waals surface area (Å²) < 4.78 is 53.6. The molecular formula is C19H21F4N3O2. The van der Waals surface area contributed by atoms with Crippen LogP contribution >= 0.6 is 0 Å². The fourth-order valence-corrected chi connectivity index (χ4v) is 3.41. The van der Waals surface area contributed by atoms with Crippen LogP contribution in [0.3, 0.4) is 0 Å². The average molecular weight is 399 g/mol. The maximum atomic E-state index is 13.2. The minimum absolute atomic E-state index is 0.0221. The Balaban J connectivity index is 1.76. The van der Waals surface area contributed by atoms with Gasteiger partial charge in [0.2, 0.25) is 5.60 Å². The number of likely N-dealkylation sites (tertiary alicyclic amines) is 1. The minimum Gasteiger partial charge on any atom is -0.373 e. The molecule has 1 aromatic heterocycles. The second kappa shape index (κ2) is 7.20. The smallest absolute Gasteiger partial charge is 0.373 e. The number of carbonyl (C=O) groups excluding carboxylic acids is 1. The van der Waals surface area contributed by atoms with Gasteiger partial charge in [-0.3, -0.25) is 4.79 Å². The summed E-state index contributed by atoms with van der Waals surface area (Å²) in [7, 11) is 0. The third-order valence-electron chi connectivity index (χ3n) is 5.10. The standard InChI is InChI=1S/C19H21F4N3O2/c1-12-11-16(26(24-12)15-5-3-14(20)4-6-15)13-7-9-25(10-8-13)17(27)18(2,28)19(21,22)23/h3-6,11,13,28H,7-10H2,1-2H3/t18-/m1/s1. The predicted molar refractivity (Wildman–Crippen MR) is 93.5 cm³/mol. The number of alkyl halides is 3. The van der Waals surface area contributed by atoms with Crippen molar-refractivity contribution in [1.29, 1.82) is 0 Å². The predicted octanol–water partition coefficient (Wildman–Crippen LogP) is 3.34. The van der Waals surface area contributed by atoms with Crippen molar-refractivity contribution in [3.63, 3.8) is 0 Å². The Morgan fingerprint density at radius 2 is 1.75 bits per heavy atom. The molecule has 1 saturated heterocycles. The fourth-order valence-electron chi connectivity index (χ4n) is 3.41. The quantitative estimate of drug-likeness (QED) is 0.806. The molecule has 3 rings (SSSR count). The highest BCUT2D eigenvalue weighted by Gasteiger charge is 2.57. The lowest BCUT2D eigenvalue weighted by Crippen LogP contribution is -2.57. The van der Waals surface area contributed by atoms with Gasteiger partial charge in [-0.2, -0.15) is 18.3 Å². The first-order chi connectivity index (χ1) is 13.0. The Kier molecular flexibility index (Phi) is 5.22. The molecule has 1 atom stereocenters. The molecule has 152 valence electrons. The largest absolute Gasteiger partial charge is 0.426 e. The van der Waals surface area contributed by atoms with E-state index in [1.54, 1.807) is 16.8 Å². The van der Waals surface area contributed by atoms with Crippen LogP contribution in [0.2, 0.25) is 0 Å². The SMILES string of the molecule is Cc1cc(C2CCN(C(=O)[C@@](C)(O)C(F)(F)F)CC2)n(-c2ccc(F)cc2)n1. The van der Waals surface area contributed by atoms with Crippen LogP contribution in [-0.2, 0) is 4.79 Å². The van der Waals surface area contributed by atoms with Gasteiger partial charge < -0.3 is 10.0 Å². The summed E-state index contributed by atoms with van der Waals surface area (Å²) in [4.78, 5) is 13.2. The Bertz CT molecular complexity index is 851. The number of aromatic nitrogens is 2. The highest BCUT2D eigenvalue weighted by Crippen LogP contribution is 2.35. The topological polar surface area (TPSA) is 58.4 Å². The van der Waals surface area contributed by atoms with Crippen molar-refractivity contribution >= 4 is 5.91 Å². The summed E-state index contributed by atoms with van der Waals surface area (Å²) in [6, 6.07) is 7.75. The van der Waals surface area contributed by atoms with Gasteiger partial charge >= 0.3 is 6.18 Å². The molecule has 2 heterocycles. The van der Waals surface area contributed by atoms with Gasteiger partial charge in [-0.1, -0.05) is 0 Å². The van der Waals surface area contributed by atoms with Gasteiger partial charge in [0.05, 0.1) is 11.4 Å². The van der Waals surface area contributed by atoms with Gasteiger partial charge in [0.1, 0.15) is 5.82 Å². The molecule has 1 fully saturated rings. The molecule has 1 aliphatic rings. The third kappa shape index (κ3) is 3.76. The van der Waals surface area contributed by atoms with Crippen LogP contribution in [0, 0.1) is 12.7 Å². The number of piperidine rings is 1. The highest BCUT2D eigenvalue weighted by molar-refractivity contribution is 5.85. The Morgan fingerprint density at radius 1 is 1.18 bits per heavy atom. The number of hydrogen-bond acceptors (Lipinski definition) is 3. The van der Waals surface area contributed by atoms with E-state index in [-0.39, 0.29) is 24.8 Å². The van der Waals surface area contributed by atoms with Gasteiger partial charge in [0.25, 0.3) is 5.91 Å². The monoisotopic (exact) mass is 399 g/mol. The number of halogens is 4. The van der Waals surface area contributed by atoms with Crippen molar-refractivity contribution in [1.82, 2.24) is 14.7 Å². The lowest BCUT2D eigenvalue weighted by Gasteiger charge is -2.36. The van der Waals surface area contributed by atoms with Crippen LogP contribution in [0.5, 0.6) is 0 Å². The van der Waals surface area contributed by atoms with Crippen molar-refractivity contribution < 1.29 is 27.5 Å². The number of rotatable bonds is 3. The molecule has 0 aliphatic carbocycles. The van der Waals surface area contributed by atoms with E-state index in [0.29, 0.717) is 25.5 Å². The number of aryl methyl sites for hydroxylation is 1. The molecule has 1 aromatic carbocycles. The van der Waals surface area contributed by atoms with E-state index in [4.69, 9.17) is 0 Å². The van der Waals surface area contributed by atoms with Gasteiger partial charge in [0.15, 0.2) is 0 Å². The molecule has 0 unspecified atom stereocenters. The summed E-state index contributed by atoms with van der Waals surface area (Å²) in [6.07, 6.45) is -4.16. The van der Waals surface area contributed by atoms with Crippen LogP contribution in [0.1, 0.15) is 37.1 Å². The fraction of sp³-hybridized carbons (Fsp3) is 0.474. The lowest BCUT2D eigenvalue weighted by molar-refractivity contribution is -0.250.